The van der Waals surface area contributed by atoms with E-state index in [0.29, 0.717) is 5.69 Å². The summed E-state index contributed by atoms with van der Waals surface area (Å²) in [4.78, 5) is 15.2. The second-order valence-electron chi connectivity index (χ2n) is 3.33. The van der Waals surface area contributed by atoms with Crippen molar-refractivity contribution >= 4 is 11.7 Å². The molecule has 0 aliphatic heterocycles. The maximum atomic E-state index is 11.3. The fraction of sp³-hybridized carbons (Fsp3) is 0.455. The molecule has 2 N–H and O–H groups in total. The van der Waals surface area contributed by atoms with E-state index >= 15 is 0 Å². The van der Waals surface area contributed by atoms with Gasteiger partial charge in [-0.15, -0.1) is 0 Å². The highest BCUT2D eigenvalue weighted by molar-refractivity contribution is 5.88. The number of nitrogens with zero attached hydrogens (tertiary/aromatic N) is 1. The van der Waals surface area contributed by atoms with Crippen LogP contribution in [0.2, 0.25) is 0 Å². The number of carbonyl (C=O) groups is 1. The van der Waals surface area contributed by atoms with Gasteiger partial charge >= 0.3 is 6.03 Å². The molecule has 0 aromatic carbocycles. The van der Waals surface area contributed by atoms with E-state index in [1.807, 2.05) is 0 Å². The van der Waals surface area contributed by atoms with Gasteiger partial charge in [0.1, 0.15) is 0 Å². The molecule has 1 heterocycles. The van der Waals surface area contributed by atoms with Crippen LogP contribution in [0.25, 0.3) is 0 Å². The first-order valence-corrected chi connectivity index (χ1v) is 5.28. The molecule has 0 unspecified atom stereocenters. The van der Waals surface area contributed by atoms with E-state index in [2.05, 4.69) is 22.5 Å². The third-order valence-electron chi connectivity index (χ3n) is 1.99. The maximum Gasteiger partial charge on any atom is 0.319 e. The second-order valence-corrected chi connectivity index (χ2v) is 3.33. The molecule has 0 aliphatic carbocycles. The number of hydrogen-bond donors (Lipinski definition) is 2. The van der Waals surface area contributed by atoms with Gasteiger partial charge in [0.05, 0.1) is 11.9 Å². The van der Waals surface area contributed by atoms with Gasteiger partial charge in [-0.2, -0.15) is 0 Å². The van der Waals surface area contributed by atoms with Crippen molar-refractivity contribution in [3.8, 4) is 0 Å². The minimum Gasteiger partial charge on any atom is -0.338 e. The minimum atomic E-state index is -0.167. The van der Waals surface area contributed by atoms with E-state index in [0.717, 1.165) is 25.8 Å². The molecule has 4 nitrogen and oxygen atoms in total. The fourth-order valence-corrected chi connectivity index (χ4v) is 1.19. The first-order valence-electron chi connectivity index (χ1n) is 5.28. The Kier molecular flexibility index (Phi) is 5.22. The lowest BCUT2D eigenvalue weighted by Crippen LogP contribution is -2.29. The van der Waals surface area contributed by atoms with Gasteiger partial charge in [-0.25, -0.2) is 4.79 Å². The quantitative estimate of drug-likeness (QED) is 0.728. The van der Waals surface area contributed by atoms with Crippen molar-refractivity contribution in [3.63, 3.8) is 0 Å². The molecule has 1 aromatic rings. The Balaban J connectivity index is 2.19. The molecule has 0 fully saturated rings. The van der Waals surface area contributed by atoms with Crippen molar-refractivity contribution in [2.24, 2.45) is 0 Å². The van der Waals surface area contributed by atoms with E-state index in [-0.39, 0.29) is 6.03 Å². The Bertz CT molecular complexity index is 287. The molecular weight excluding hydrogens is 190 g/mol. The third kappa shape index (κ3) is 5.00. The Morgan fingerprint density at radius 3 is 3.00 bits per heavy atom. The summed E-state index contributed by atoms with van der Waals surface area (Å²) < 4.78 is 0. The summed E-state index contributed by atoms with van der Waals surface area (Å²) in [5.74, 6) is 0. The zero-order valence-corrected chi connectivity index (χ0v) is 8.99. The van der Waals surface area contributed by atoms with E-state index < -0.39 is 0 Å². The Morgan fingerprint density at radius 1 is 1.47 bits per heavy atom. The molecule has 0 saturated heterocycles. The number of rotatable bonds is 5. The molecule has 4 heteroatoms. The van der Waals surface area contributed by atoms with Crippen LogP contribution in [-0.2, 0) is 0 Å². The first kappa shape index (κ1) is 11.5. The van der Waals surface area contributed by atoms with E-state index in [9.17, 15) is 4.79 Å². The molecule has 15 heavy (non-hydrogen) atoms. The van der Waals surface area contributed by atoms with Gasteiger partial charge in [-0.05, 0) is 18.6 Å². The molecule has 0 radical (unpaired) electrons. The van der Waals surface area contributed by atoms with E-state index in [1.165, 1.54) is 0 Å². The summed E-state index contributed by atoms with van der Waals surface area (Å²) in [6.07, 6.45) is 6.62. The lowest BCUT2D eigenvalue weighted by Gasteiger charge is -2.06. The topological polar surface area (TPSA) is 54.0 Å². The molecule has 0 bridgehead atoms. The fourth-order valence-electron chi connectivity index (χ4n) is 1.19. The molecule has 1 aromatic heterocycles. The average Bonchev–Trinajstić information content (AvgIpc) is 2.26. The molecule has 2 amide bonds. The number of carbonyl (C=O) groups excluding carboxylic acids is 1. The number of urea groups is 1. The molecule has 0 aliphatic rings. The Hall–Kier alpha value is -1.58. The van der Waals surface area contributed by atoms with Crippen LogP contribution >= 0.6 is 0 Å². The highest BCUT2D eigenvalue weighted by atomic mass is 16.2. The summed E-state index contributed by atoms with van der Waals surface area (Å²) >= 11 is 0. The van der Waals surface area contributed by atoms with Crippen LogP contribution in [0, 0.1) is 0 Å². The number of anilines is 1. The number of amides is 2. The van der Waals surface area contributed by atoms with Gasteiger partial charge in [-0.1, -0.05) is 19.8 Å². The van der Waals surface area contributed by atoms with Gasteiger partial charge in [-0.3, -0.25) is 4.98 Å². The van der Waals surface area contributed by atoms with Crippen LogP contribution in [0.3, 0.4) is 0 Å². The maximum absolute atomic E-state index is 11.3. The molecular formula is C11H17N3O. The van der Waals surface area contributed by atoms with Crippen LogP contribution in [0.1, 0.15) is 26.2 Å². The zero-order chi connectivity index (χ0) is 10.9. The smallest absolute Gasteiger partial charge is 0.319 e. The molecule has 0 spiro atoms. The van der Waals surface area contributed by atoms with Crippen molar-refractivity contribution in [2.45, 2.75) is 26.2 Å². The van der Waals surface area contributed by atoms with Crippen molar-refractivity contribution in [2.75, 3.05) is 11.9 Å². The van der Waals surface area contributed by atoms with Crippen molar-refractivity contribution < 1.29 is 4.79 Å². The monoisotopic (exact) mass is 207 g/mol. The first-order chi connectivity index (χ1) is 7.33. The summed E-state index contributed by atoms with van der Waals surface area (Å²) in [7, 11) is 0. The standard InChI is InChI=1S/C11H17N3O/c1-2-3-4-8-13-11(15)14-10-6-5-7-12-9-10/h5-7,9H,2-4,8H2,1H3,(H2,13,14,15). The Morgan fingerprint density at radius 2 is 2.33 bits per heavy atom. The van der Waals surface area contributed by atoms with Crippen LogP contribution in [-0.4, -0.2) is 17.6 Å². The molecule has 1 rings (SSSR count). The van der Waals surface area contributed by atoms with E-state index in [4.69, 9.17) is 0 Å². The summed E-state index contributed by atoms with van der Waals surface area (Å²) in [5.41, 5.74) is 0.713. The van der Waals surface area contributed by atoms with Crippen molar-refractivity contribution in [3.05, 3.63) is 24.5 Å². The molecule has 0 saturated carbocycles. The van der Waals surface area contributed by atoms with Gasteiger partial charge in [0, 0.05) is 12.7 Å². The molecule has 0 atom stereocenters. The second kappa shape index (κ2) is 6.81. The normalized spacial score (nSPS) is 9.67. The largest absolute Gasteiger partial charge is 0.338 e. The van der Waals surface area contributed by atoms with Crippen molar-refractivity contribution in [1.82, 2.24) is 10.3 Å². The number of pyridine rings is 1. The summed E-state index contributed by atoms with van der Waals surface area (Å²) in [6, 6.07) is 3.42. The van der Waals surface area contributed by atoms with Crippen molar-refractivity contribution in [1.29, 1.82) is 0 Å². The van der Waals surface area contributed by atoms with Crippen LogP contribution in [0.5, 0.6) is 0 Å². The van der Waals surface area contributed by atoms with Gasteiger partial charge in [0.2, 0.25) is 0 Å². The van der Waals surface area contributed by atoms with Crippen LogP contribution in [0.4, 0.5) is 10.5 Å². The highest BCUT2D eigenvalue weighted by Gasteiger charge is 1.99. The summed E-state index contributed by atoms with van der Waals surface area (Å²) in [6.45, 7) is 2.86. The minimum absolute atomic E-state index is 0.167. The lowest BCUT2D eigenvalue weighted by atomic mass is 10.2. The molecule has 82 valence electrons. The van der Waals surface area contributed by atoms with E-state index in [1.54, 1.807) is 24.5 Å². The van der Waals surface area contributed by atoms with Gasteiger partial charge < -0.3 is 10.6 Å². The van der Waals surface area contributed by atoms with Gasteiger partial charge in [0.15, 0.2) is 0 Å². The number of nitrogens with one attached hydrogen (secondary N) is 2. The zero-order valence-electron chi connectivity index (χ0n) is 8.99. The van der Waals surface area contributed by atoms with Crippen LogP contribution < -0.4 is 10.6 Å². The van der Waals surface area contributed by atoms with Crippen LogP contribution in [0.15, 0.2) is 24.5 Å². The number of unbranched alkanes of at least 4 members (excludes halogenated alkanes) is 2. The number of hydrogen-bond acceptors (Lipinski definition) is 2. The average molecular weight is 207 g/mol. The van der Waals surface area contributed by atoms with Gasteiger partial charge in [0.25, 0.3) is 0 Å². The predicted octanol–water partition coefficient (Wildman–Crippen LogP) is 2.39. The number of aromatic nitrogens is 1. The highest BCUT2D eigenvalue weighted by Crippen LogP contribution is 2.01. The lowest BCUT2D eigenvalue weighted by molar-refractivity contribution is 0.252. The third-order valence-corrected chi connectivity index (χ3v) is 1.99. The SMILES string of the molecule is CCCCCNC(=O)Nc1cccnc1. The Labute approximate surface area is 90.1 Å². The predicted molar refractivity (Wildman–Crippen MR) is 60.8 cm³/mol. The summed E-state index contributed by atoms with van der Waals surface area (Å²) in [5, 5.41) is 5.49.